The highest BCUT2D eigenvalue weighted by molar-refractivity contribution is 9.09. The van der Waals surface area contributed by atoms with Crippen molar-refractivity contribution in [3.8, 4) is 0 Å². The molecular weight excluding hydrogens is 240 g/mol. The Morgan fingerprint density at radius 2 is 1.50 bits per heavy atom. The fourth-order valence-corrected chi connectivity index (χ4v) is 1.87. The minimum absolute atomic E-state index is 0.443. The molecule has 0 aromatic rings. The van der Waals surface area contributed by atoms with E-state index in [1.54, 1.807) is 0 Å². The molecule has 0 saturated heterocycles. The van der Waals surface area contributed by atoms with E-state index in [-0.39, 0.29) is 0 Å². The third-order valence-electron chi connectivity index (χ3n) is 1.70. The van der Waals surface area contributed by atoms with Crippen LogP contribution in [0, 0.1) is 0 Å². The zero-order chi connectivity index (χ0) is 9.23. The van der Waals surface area contributed by atoms with Gasteiger partial charge in [0.25, 0.3) is 0 Å². The van der Waals surface area contributed by atoms with Crippen molar-refractivity contribution in [1.29, 1.82) is 0 Å². The highest BCUT2D eigenvalue weighted by atomic mass is 79.9. The highest BCUT2D eigenvalue weighted by Crippen LogP contribution is 2.06. The Morgan fingerprint density at radius 3 is 2.00 bits per heavy atom. The van der Waals surface area contributed by atoms with Crippen LogP contribution in [0.4, 0.5) is 0 Å². The molecule has 4 heteroatoms. The minimum Gasteiger partial charge on any atom is -0.306 e. The standard InChI is InChI=1S/C8H17BrO2S/c9-7-5-3-1-2-4-6-8-12(10)11/h1-8H2,(H,10,11). The molecular formula is C8H17BrO2S. The summed E-state index contributed by atoms with van der Waals surface area (Å²) in [4.78, 5) is 0. The summed E-state index contributed by atoms with van der Waals surface area (Å²) in [7, 11) is 0. The van der Waals surface area contributed by atoms with Gasteiger partial charge in [0.05, 0.1) is 0 Å². The number of hydrogen-bond acceptors (Lipinski definition) is 1. The molecule has 1 N–H and O–H groups in total. The van der Waals surface area contributed by atoms with E-state index in [4.69, 9.17) is 4.55 Å². The topological polar surface area (TPSA) is 37.3 Å². The van der Waals surface area contributed by atoms with Crippen molar-refractivity contribution in [2.75, 3.05) is 11.1 Å². The molecule has 0 heterocycles. The largest absolute Gasteiger partial charge is 0.306 e. The summed E-state index contributed by atoms with van der Waals surface area (Å²) in [6, 6.07) is 0. The van der Waals surface area contributed by atoms with E-state index in [1.165, 1.54) is 25.7 Å². The first kappa shape index (κ1) is 12.6. The molecule has 0 aliphatic rings. The van der Waals surface area contributed by atoms with E-state index in [0.29, 0.717) is 5.75 Å². The lowest BCUT2D eigenvalue weighted by atomic mass is 10.1. The van der Waals surface area contributed by atoms with E-state index in [2.05, 4.69) is 15.9 Å². The average molecular weight is 257 g/mol. The smallest absolute Gasteiger partial charge is 0.152 e. The molecule has 1 unspecified atom stereocenters. The predicted octanol–water partition coefficient (Wildman–Crippen LogP) is 2.94. The molecule has 0 aromatic heterocycles. The first-order chi connectivity index (χ1) is 5.77. The van der Waals surface area contributed by atoms with Crippen molar-refractivity contribution < 1.29 is 8.76 Å². The molecule has 0 aromatic carbocycles. The van der Waals surface area contributed by atoms with Gasteiger partial charge in [-0.15, -0.1) is 0 Å². The Hall–Kier alpha value is 0.590. The van der Waals surface area contributed by atoms with Gasteiger partial charge < -0.3 is 4.55 Å². The summed E-state index contributed by atoms with van der Waals surface area (Å²) in [5.74, 6) is 0.443. The summed E-state index contributed by atoms with van der Waals surface area (Å²) >= 11 is 1.80. The van der Waals surface area contributed by atoms with Crippen LogP contribution < -0.4 is 0 Å². The van der Waals surface area contributed by atoms with Crippen LogP contribution in [0.25, 0.3) is 0 Å². The zero-order valence-corrected chi connectivity index (χ0v) is 9.70. The molecule has 2 nitrogen and oxygen atoms in total. The van der Waals surface area contributed by atoms with Crippen molar-refractivity contribution >= 4 is 27.0 Å². The van der Waals surface area contributed by atoms with Crippen molar-refractivity contribution in [3.63, 3.8) is 0 Å². The van der Waals surface area contributed by atoms with Gasteiger partial charge in [-0.2, -0.15) is 0 Å². The average Bonchev–Trinajstić information content (AvgIpc) is 2.02. The van der Waals surface area contributed by atoms with Crippen LogP contribution in [-0.2, 0) is 11.1 Å². The number of alkyl halides is 1. The summed E-state index contributed by atoms with van der Waals surface area (Å²) < 4.78 is 18.7. The summed E-state index contributed by atoms with van der Waals surface area (Å²) in [6.45, 7) is 0. The van der Waals surface area contributed by atoms with Crippen LogP contribution in [0.1, 0.15) is 38.5 Å². The first-order valence-corrected chi connectivity index (χ1v) is 6.80. The van der Waals surface area contributed by atoms with E-state index in [1.807, 2.05) is 0 Å². The fraction of sp³-hybridized carbons (Fsp3) is 1.00. The highest BCUT2D eigenvalue weighted by Gasteiger charge is 1.93. The van der Waals surface area contributed by atoms with Gasteiger partial charge in [0, 0.05) is 11.1 Å². The molecule has 0 radical (unpaired) electrons. The van der Waals surface area contributed by atoms with Gasteiger partial charge in [0.15, 0.2) is 11.1 Å². The summed E-state index contributed by atoms with van der Waals surface area (Å²) in [5, 5.41) is 1.09. The van der Waals surface area contributed by atoms with Gasteiger partial charge >= 0.3 is 0 Å². The predicted molar refractivity (Wildman–Crippen MR) is 57.1 cm³/mol. The number of hydrogen-bond donors (Lipinski definition) is 1. The third-order valence-corrected chi connectivity index (χ3v) is 2.90. The Morgan fingerprint density at radius 1 is 1.00 bits per heavy atom. The van der Waals surface area contributed by atoms with Crippen LogP contribution in [0.2, 0.25) is 0 Å². The lowest BCUT2D eigenvalue weighted by Gasteiger charge is -1.98. The molecule has 0 fully saturated rings. The van der Waals surface area contributed by atoms with Gasteiger partial charge in [-0.05, 0) is 12.8 Å². The molecule has 0 amide bonds. The lowest BCUT2D eigenvalue weighted by Crippen LogP contribution is -1.94. The Bertz CT molecular complexity index is 120. The molecule has 74 valence electrons. The Labute approximate surface area is 85.5 Å². The Balaban J connectivity index is 2.86. The van der Waals surface area contributed by atoms with Crippen LogP contribution in [0.5, 0.6) is 0 Å². The van der Waals surface area contributed by atoms with Crippen molar-refractivity contribution in [2.24, 2.45) is 0 Å². The maximum atomic E-state index is 10.2. The van der Waals surface area contributed by atoms with Gasteiger partial charge in [0.2, 0.25) is 0 Å². The molecule has 0 rings (SSSR count). The zero-order valence-electron chi connectivity index (χ0n) is 7.30. The third kappa shape index (κ3) is 10.6. The lowest BCUT2D eigenvalue weighted by molar-refractivity contribution is 0.556. The fourth-order valence-electron chi connectivity index (χ4n) is 1.03. The molecule has 0 spiro atoms. The Kier molecular flexibility index (Phi) is 10.2. The second-order valence-electron chi connectivity index (χ2n) is 2.84. The summed E-state index contributed by atoms with van der Waals surface area (Å²) in [6.07, 6.45) is 6.94. The summed E-state index contributed by atoms with van der Waals surface area (Å²) in [5.41, 5.74) is 0. The van der Waals surface area contributed by atoms with E-state index in [9.17, 15) is 4.21 Å². The van der Waals surface area contributed by atoms with Crippen molar-refractivity contribution in [2.45, 2.75) is 38.5 Å². The normalized spacial score (nSPS) is 13.2. The molecule has 0 saturated carbocycles. The van der Waals surface area contributed by atoms with Gasteiger partial charge in [-0.3, -0.25) is 0 Å². The van der Waals surface area contributed by atoms with Gasteiger partial charge in [-0.1, -0.05) is 41.6 Å². The van der Waals surface area contributed by atoms with Crippen LogP contribution in [0.15, 0.2) is 0 Å². The van der Waals surface area contributed by atoms with Crippen molar-refractivity contribution in [3.05, 3.63) is 0 Å². The van der Waals surface area contributed by atoms with E-state index in [0.717, 1.165) is 18.2 Å². The van der Waals surface area contributed by atoms with E-state index >= 15 is 0 Å². The second-order valence-corrected chi connectivity index (χ2v) is 4.68. The van der Waals surface area contributed by atoms with Crippen LogP contribution in [-0.4, -0.2) is 19.8 Å². The van der Waals surface area contributed by atoms with Crippen LogP contribution in [0.3, 0.4) is 0 Å². The molecule has 0 aliphatic heterocycles. The molecule has 12 heavy (non-hydrogen) atoms. The number of rotatable bonds is 8. The van der Waals surface area contributed by atoms with Crippen LogP contribution >= 0.6 is 15.9 Å². The quantitative estimate of drug-likeness (QED) is 0.412. The van der Waals surface area contributed by atoms with E-state index < -0.39 is 11.1 Å². The maximum Gasteiger partial charge on any atom is 0.152 e. The maximum absolute atomic E-state index is 10.2. The SMILES string of the molecule is O=S(O)CCCCCCCCBr. The second kappa shape index (κ2) is 9.68. The first-order valence-electron chi connectivity index (χ1n) is 4.41. The van der Waals surface area contributed by atoms with Crippen molar-refractivity contribution in [1.82, 2.24) is 0 Å². The minimum atomic E-state index is -1.58. The number of halogens is 1. The monoisotopic (exact) mass is 256 g/mol. The molecule has 0 aliphatic carbocycles. The molecule has 1 atom stereocenters. The number of unbranched alkanes of at least 4 members (excludes halogenated alkanes) is 5. The van der Waals surface area contributed by atoms with Gasteiger partial charge in [-0.25, -0.2) is 4.21 Å². The van der Waals surface area contributed by atoms with Gasteiger partial charge in [0.1, 0.15) is 0 Å². The molecule has 0 bridgehead atoms.